The highest BCUT2D eigenvalue weighted by atomic mass is 16.5. The zero-order chi connectivity index (χ0) is 44.0. The first-order chi connectivity index (χ1) is 29.8. The number of carbonyl (C=O) groups excluding carboxylic acids is 4. The van der Waals surface area contributed by atoms with Crippen LogP contribution in [0, 0.1) is 11.8 Å². The van der Waals surface area contributed by atoms with Crippen molar-refractivity contribution in [3.8, 4) is 28.1 Å². The molecular weight excluding hydrogens is 787 g/mol. The second kappa shape index (κ2) is 17.5. The average Bonchev–Trinajstić information content (AvgIpc) is 4.10. The van der Waals surface area contributed by atoms with E-state index in [0.29, 0.717) is 13.0 Å². The summed E-state index contributed by atoms with van der Waals surface area (Å²) in [6.45, 7) is 12.3. The molecule has 4 aliphatic heterocycles. The molecule has 2 saturated heterocycles. The van der Waals surface area contributed by atoms with Gasteiger partial charge in [-0.25, -0.2) is 14.6 Å². The molecule has 0 aliphatic carbocycles. The van der Waals surface area contributed by atoms with Gasteiger partial charge in [-0.3, -0.25) is 14.6 Å². The van der Waals surface area contributed by atoms with Gasteiger partial charge in [0.25, 0.3) is 0 Å². The normalized spacial score (nSPS) is 21.2. The van der Waals surface area contributed by atoms with Gasteiger partial charge in [0.15, 0.2) is 0 Å². The number of fused-ring (bicyclic) bond motifs is 6. The standard InChI is InChI=1S/C48H59N7O7/c1-9-30-13-17-39(54(30)45(56)42(25(3)4)52-47(58)60-7)37-21-34-33-22-41-35(20-27(33)12-16-36(34)50-37)32-15-11-28(19-29(32)24-62-41)38-23-49-44(51-38)40-18-14-31(10-2)55(40)46(57)43(26(5)6)53-48(59)61-8/h11-12,15-16,19-20,22-23,25-26,30-31,39-40,42-43H,9-10,13-14,17-18,21,24H2,1-8H3,(H,49,51)(H,52,58)(H,53,59)/t30-,31-,39-,40-,42-,43-/m0/s1. The summed E-state index contributed by atoms with van der Waals surface area (Å²) in [5.74, 6) is 1.08. The molecule has 5 heterocycles. The van der Waals surface area contributed by atoms with Gasteiger partial charge < -0.3 is 39.6 Å². The molecule has 0 spiro atoms. The first kappa shape index (κ1) is 42.8. The molecule has 14 nitrogen and oxygen atoms in total. The van der Waals surface area contributed by atoms with Crippen LogP contribution in [0.5, 0.6) is 5.75 Å². The molecule has 0 bridgehead atoms. The Bertz CT molecular complexity index is 2420. The summed E-state index contributed by atoms with van der Waals surface area (Å²) >= 11 is 0. The second-order valence-electron chi connectivity index (χ2n) is 17.8. The Hall–Kier alpha value is -5.92. The van der Waals surface area contributed by atoms with Crippen LogP contribution >= 0.6 is 0 Å². The van der Waals surface area contributed by atoms with E-state index in [0.717, 1.165) is 106 Å². The zero-order valence-electron chi connectivity index (χ0n) is 37.0. The summed E-state index contributed by atoms with van der Waals surface area (Å²) in [4.78, 5) is 70.0. The highest BCUT2D eigenvalue weighted by molar-refractivity contribution is 6.06. The SMILES string of the molecule is CC[C@H]1CC[C@@H](C2=Nc3ccc4cc5c(cc4c3C2)OCc2cc(-c3cnc([C@@H]4CC[C@H](CC)N4C(=O)[C@@H](NC(=O)OC)C(C)C)[nH]3)ccc2-5)N1C(=O)[C@@H](NC(=O)OC)C(C)C. The number of nitrogens with zero attached hydrogens (tertiary/aromatic N) is 4. The van der Waals surface area contributed by atoms with Crippen molar-refractivity contribution in [1.29, 1.82) is 0 Å². The van der Waals surface area contributed by atoms with Gasteiger partial charge in [-0.15, -0.1) is 0 Å². The lowest BCUT2D eigenvalue weighted by atomic mass is 9.90. The van der Waals surface area contributed by atoms with Crippen molar-refractivity contribution < 1.29 is 33.4 Å². The van der Waals surface area contributed by atoms with Gasteiger partial charge in [0.2, 0.25) is 11.8 Å². The monoisotopic (exact) mass is 845 g/mol. The largest absolute Gasteiger partial charge is 0.488 e. The van der Waals surface area contributed by atoms with E-state index < -0.39 is 24.3 Å². The van der Waals surface area contributed by atoms with E-state index in [-0.39, 0.29) is 47.8 Å². The molecule has 3 aromatic carbocycles. The topological polar surface area (TPSA) is 168 Å². The highest BCUT2D eigenvalue weighted by Gasteiger charge is 2.44. The first-order valence-electron chi connectivity index (χ1n) is 22.2. The summed E-state index contributed by atoms with van der Waals surface area (Å²) in [7, 11) is 2.61. The third-order valence-electron chi connectivity index (χ3n) is 13.5. The average molecular weight is 846 g/mol. The number of carbonyl (C=O) groups is 4. The molecule has 0 saturated carbocycles. The number of aliphatic imine (C=N–C) groups is 1. The molecule has 8 rings (SSSR count). The highest BCUT2D eigenvalue weighted by Crippen LogP contribution is 2.45. The summed E-state index contributed by atoms with van der Waals surface area (Å²) < 4.78 is 16.2. The van der Waals surface area contributed by atoms with Crippen molar-refractivity contribution in [2.45, 2.75) is 129 Å². The Morgan fingerprint density at radius 2 is 1.44 bits per heavy atom. The van der Waals surface area contributed by atoms with Crippen molar-refractivity contribution in [3.05, 3.63) is 65.6 Å². The van der Waals surface area contributed by atoms with Crippen molar-refractivity contribution in [2.24, 2.45) is 16.8 Å². The molecule has 6 atom stereocenters. The third kappa shape index (κ3) is 7.77. The maximum absolute atomic E-state index is 14.2. The van der Waals surface area contributed by atoms with Crippen LogP contribution in [0.1, 0.15) is 103 Å². The number of nitrogens with one attached hydrogen (secondary N) is 3. The summed E-state index contributed by atoms with van der Waals surface area (Å²) in [6, 6.07) is 13.2. The van der Waals surface area contributed by atoms with Crippen LogP contribution in [0.3, 0.4) is 0 Å². The van der Waals surface area contributed by atoms with Crippen LogP contribution < -0.4 is 15.4 Å². The van der Waals surface area contributed by atoms with E-state index in [1.165, 1.54) is 14.2 Å². The van der Waals surface area contributed by atoms with Crippen LogP contribution in [0.25, 0.3) is 33.2 Å². The van der Waals surface area contributed by atoms with Gasteiger partial charge in [0.1, 0.15) is 30.3 Å². The number of ether oxygens (including phenoxy) is 3. The van der Waals surface area contributed by atoms with Crippen molar-refractivity contribution in [3.63, 3.8) is 0 Å². The lowest BCUT2D eigenvalue weighted by Gasteiger charge is -2.34. The van der Waals surface area contributed by atoms with Gasteiger partial charge in [-0.05, 0) is 108 Å². The third-order valence-corrected chi connectivity index (χ3v) is 13.5. The molecule has 62 heavy (non-hydrogen) atoms. The molecule has 14 heteroatoms. The molecule has 328 valence electrons. The Morgan fingerprint density at radius 3 is 2.05 bits per heavy atom. The summed E-state index contributed by atoms with van der Waals surface area (Å²) in [5, 5.41) is 7.72. The fourth-order valence-corrected chi connectivity index (χ4v) is 10.1. The Morgan fingerprint density at radius 1 is 0.806 bits per heavy atom. The predicted molar refractivity (Wildman–Crippen MR) is 237 cm³/mol. The number of H-pyrrole nitrogens is 1. The molecule has 0 radical (unpaired) electrons. The minimum Gasteiger partial charge on any atom is -0.488 e. The molecule has 1 aromatic heterocycles. The molecule has 4 aromatic rings. The molecule has 2 fully saturated rings. The predicted octanol–water partition coefficient (Wildman–Crippen LogP) is 8.39. The van der Waals surface area contributed by atoms with Crippen LogP contribution in [0.2, 0.25) is 0 Å². The van der Waals surface area contributed by atoms with Gasteiger partial charge in [0, 0.05) is 29.8 Å². The summed E-state index contributed by atoms with van der Waals surface area (Å²) in [6.07, 6.45) is 6.18. The van der Waals surface area contributed by atoms with E-state index >= 15 is 0 Å². The van der Waals surface area contributed by atoms with Crippen LogP contribution in [0.15, 0.2) is 53.7 Å². The number of aromatic nitrogens is 2. The number of hydrogen-bond donors (Lipinski definition) is 3. The molecule has 3 N–H and O–H groups in total. The van der Waals surface area contributed by atoms with E-state index in [2.05, 4.69) is 71.9 Å². The quantitative estimate of drug-likeness (QED) is 0.135. The van der Waals surface area contributed by atoms with E-state index in [4.69, 9.17) is 24.2 Å². The minimum atomic E-state index is -0.713. The number of likely N-dealkylation sites (tertiary alicyclic amines) is 2. The second-order valence-corrected chi connectivity index (χ2v) is 17.8. The van der Waals surface area contributed by atoms with Gasteiger partial charge in [-0.1, -0.05) is 59.7 Å². The van der Waals surface area contributed by atoms with Gasteiger partial charge >= 0.3 is 12.2 Å². The number of alkyl carbamates (subject to hydrolysis) is 2. The van der Waals surface area contributed by atoms with E-state index in [1.54, 1.807) is 0 Å². The maximum Gasteiger partial charge on any atom is 0.407 e. The van der Waals surface area contributed by atoms with Gasteiger partial charge in [0.05, 0.1) is 43.9 Å². The maximum atomic E-state index is 14.2. The lowest BCUT2D eigenvalue weighted by molar-refractivity contribution is -0.138. The summed E-state index contributed by atoms with van der Waals surface area (Å²) in [5.41, 5.74) is 8.04. The Kier molecular flexibility index (Phi) is 12.0. The van der Waals surface area contributed by atoms with E-state index in [1.807, 2.05) is 43.7 Å². The number of imidazole rings is 1. The number of aromatic amines is 1. The number of rotatable bonds is 11. The van der Waals surface area contributed by atoms with Crippen molar-refractivity contribution in [2.75, 3.05) is 14.2 Å². The number of methoxy groups -OCH3 is 2. The smallest absolute Gasteiger partial charge is 0.407 e. The van der Waals surface area contributed by atoms with Gasteiger partial charge in [-0.2, -0.15) is 0 Å². The first-order valence-corrected chi connectivity index (χ1v) is 22.2. The van der Waals surface area contributed by atoms with Crippen molar-refractivity contribution >= 4 is 46.2 Å². The number of benzene rings is 3. The number of hydrogen-bond acceptors (Lipinski definition) is 9. The Balaban J connectivity index is 1.02. The number of amides is 4. The fourth-order valence-electron chi connectivity index (χ4n) is 10.1. The van der Waals surface area contributed by atoms with Crippen molar-refractivity contribution in [1.82, 2.24) is 30.4 Å². The van der Waals surface area contributed by atoms with Crippen LogP contribution in [-0.4, -0.2) is 93.9 Å². The Labute approximate surface area is 363 Å². The molecule has 4 amide bonds. The molecular formula is C48H59N7O7. The molecule has 0 unspecified atom stereocenters. The lowest BCUT2D eigenvalue weighted by Crippen LogP contribution is -2.55. The van der Waals surface area contributed by atoms with Crippen LogP contribution in [0.4, 0.5) is 15.3 Å². The minimum absolute atomic E-state index is 0.0390. The van der Waals surface area contributed by atoms with Crippen LogP contribution in [-0.2, 0) is 32.1 Å². The molecule has 4 aliphatic rings. The van der Waals surface area contributed by atoms with E-state index in [9.17, 15) is 19.2 Å². The fraction of sp³-hybridized carbons (Fsp3) is 0.500. The zero-order valence-corrected chi connectivity index (χ0v) is 37.0.